The number of hydrogen-bond acceptors (Lipinski definition) is 4. The molecule has 0 unspecified atom stereocenters. The summed E-state index contributed by atoms with van der Waals surface area (Å²) in [4.78, 5) is 9.19. The molecule has 0 bridgehead atoms. The van der Waals surface area contributed by atoms with Gasteiger partial charge in [-0.05, 0) is 24.6 Å². The second kappa shape index (κ2) is 6.46. The summed E-state index contributed by atoms with van der Waals surface area (Å²) in [5.74, 6) is 0.525. The van der Waals surface area contributed by atoms with Crippen LogP contribution in [0.25, 0.3) is 0 Å². The van der Waals surface area contributed by atoms with Gasteiger partial charge in [0.05, 0.1) is 5.02 Å². The quantitative estimate of drug-likeness (QED) is 0.846. The Morgan fingerprint density at radius 3 is 2.79 bits per heavy atom. The maximum atomic E-state index is 6.16. The number of rotatable bonds is 4. The van der Waals surface area contributed by atoms with Crippen LogP contribution in [0.4, 0.5) is 5.82 Å². The van der Waals surface area contributed by atoms with E-state index in [1.807, 2.05) is 6.07 Å². The molecule has 0 saturated heterocycles. The number of nitrogens with two attached hydrogens (primary N) is 1. The van der Waals surface area contributed by atoms with Gasteiger partial charge in [-0.15, -0.1) is 0 Å². The van der Waals surface area contributed by atoms with Crippen molar-refractivity contribution in [2.45, 2.75) is 29.7 Å². The summed E-state index contributed by atoms with van der Waals surface area (Å²) in [5, 5.41) is 2.12. The van der Waals surface area contributed by atoms with Gasteiger partial charge >= 0.3 is 0 Å². The van der Waals surface area contributed by atoms with Crippen LogP contribution in [-0.4, -0.2) is 9.97 Å². The number of aromatic nitrogens is 2. The molecule has 3 nitrogen and oxygen atoms in total. The topological polar surface area (TPSA) is 51.8 Å². The zero-order chi connectivity index (χ0) is 13.8. The minimum atomic E-state index is 0.525. The number of benzene rings is 1. The van der Waals surface area contributed by atoms with E-state index in [0.29, 0.717) is 15.9 Å². The van der Waals surface area contributed by atoms with Crippen LogP contribution in [-0.2, 0) is 6.42 Å². The molecular weight excluding hydrogens is 301 g/mol. The van der Waals surface area contributed by atoms with Gasteiger partial charge in [-0.1, -0.05) is 48.3 Å². The van der Waals surface area contributed by atoms with E-state index in [0.717, 1.165) is 28.3 Å². The van der Waals surface area contributed by atoms with E-state index in [1.54, 1.807) is 12.1 Å². The highest BCUT2D eigenvalue weighted by molar-refractivity contribution is 7.99. The van der Waals surface area contributed by atoms with Gasteiger partial charge in [0.25, 0.3) is 0 Å². The molecule has 2 N–H and O–H groups in total. The second-order valence-corrected chi connectivity index (χ2v) is 5.84. The van der Waals surface area contributed by atoms with Crippen molar-refractivity contribution in [2.75, 3.05) is 5.73 Å². The molecule has 2 aromatic rings. The van der Waals surface area contributed by atoms with Gasteiger partial charge in [0, 0.05) is 15.5 Å². The molecule has 0 aliphatic rings. The predicted molar refractivity (Wildman–Crippen MR) is 81.0 cm³/mol. The van der Waals surface area contributed by atoms with Crippen LogP contribution in [0.3, 0.4) is 0 Å². The molecule has 19 heavy (non-hydrogen) atoms. The summed E-state index contributed by atoms with van der Waals surface area (Å²) in [7, 11) is 0. The van der Waals surface area contributed by atoms with Crippen molar-refractivity contribution in [2.24, 2.45) is 0 Å². The van der Waals surface area contributed by atoms with Gasteiger partial charge in [-0.2, -0.15) is 0 Å². The molecule has 1 aromatic heterocycles. The van der Waals surface area contributed by atoms with Crippen molar-refractivity contribution in [1.29, 1.82) is 0 Å². The highest BCUT2D eigenvalue weighted by atomic mass is 35.5. The van der Waals surface area contributed by atoms with E-state index in [-0.39, 0.29) is 0 Å². The molecule has 0 atom stereocenters. The van der Waals surface area contributed by atoms with Crippen LogP contribution in [0, 0.1) is 0 Å². The zero-order valence-electron chi connectivity index (χ0n) is 10.4. The highest BCUT2D eigenvalue weighted by Gasteiger charge is 2.12. The molecule has 1 aromatic carbocycles. The molecule has 0 saturated carbocycles. The third-order valence-corrected chi connectivity index (χ3v) is 4.32. The minimum Gasteiger partial charge on any atom is -0.383 e. The highest BCUT2D eigenvalue weighted by Crippen LogP contribution is 2.36. The van der Waals surface area contributed by atoms with E-state index < -0.39 is 0 Å². The molecule has 2 rings (SSSR count). The lowest BCUT2D eigenvalue weighted by Gasteiger charge is -2.10. The van der Waals surface area contributed by atoms with Gasteiger partial charge in [0.1, 0.15) is 17.2 Å². The molecule has 1 heterocycles. The molecular formula is C13H13Cl2N3S. The first-order valence-electron chi connectivity index (χ1n) is 5.84. The predicted octanol–water partition coefficient (Wildman–Crippen LogP) is 4.47. The second-order valence-electron chi connectivity index (χ2n) is 3.97. The summed E-state index contributed by atoms with van der Waals surface area (Å²) in [6.07, 6.45) is 3.29. The van der Waals surface area contributed by atoms with Gasteiger partial charge in [-0.3, -0.25) is 0 Å². The fourth-order valence-electron chi connectivity index (χ4n) is 1.64. The van der Waals surface area contributed by atoms with Gasteiger partial charge in [0.15, 0.2) is 0 Å². The molecule has 6 heteroatoms. The molecule has 0 fully saturated rings. The maximum Gasteiger partial charge on any atom is 0.131 e. The number of nitrogen functional groups attached to an aromatic ring is 1. The first-order valence-corrected chi connectivity index (χ1v) is 7.41. The Hall–Kier alpha value is -0.970. The van der Waals surface area contributed by atoms with Crippen molar-refractivity contribution in [3.63, 3.8) is 0 Å². The molecule has 0 aliphatic carbocycles. The van der Waals surface area contributed by atoms with Crippen LogP contribution in [0.15, 0.2) is 34.4 Å². The fraction of sp³-hybridized carbons (Fsp3) is 0.231. The normalized spacial score (nSPS) is 10.7. The Kier molecular flexibility index (Phi) is 4.91. The fourth-order valence-corrected chi connectivity index (χ4v) is 3.10. The third kappa shape index (κ3) is 3.53. The minimum absolute atomic E-state index is 0.525. The molecule has 0 amide bonds. The van der Waals surface area contributed by atoms with Crippen molar-refractivity contribution in [3.05, 3.63) is 40.1 Å². The Bertz CT molecular complexity index is 590. The summed E-state index contributed by atoms with van der Waals surface area (Å²) in [6.45, 7) is 2.09. The maximum absolute atomic E-state index is 6.16. The van der Waals surface area contributed by atoms with Crippen LogP contribution in [0.5, 0.6) is 0 Å². The van der Waals surface area contributed by atoms with Crippen molar-refractivity contribution in [3.8, 4) is 0 Å². The van der Waals surface area contributed by atoms with E-state index in [4.69, 9.17) is 28.9 Å². The number of halogens is 2. The summed E-state index contributed by atoms with van der Waals surface area (Å²) in [6, 6.07) is 5.36. The molecule has 100 valence electrons. The average Bonchev–Trinajstić information content (AvgIpc) is 2.38. The van der Waals surface area contributed by atoms with Crippen LogP contribution in [0.2, 0.25) is 10.0 Å². The summed E-state index contributed by atoms with van der Waals surface area (Å²) >= 11 is 13.6. The first-order chi connectivity index (χ1) is 9.11. The van der Waals surface area contributed by atoms with Gasteiger partial charge < -0.3 is 5.73 Å². The lowest BCUT2D eigenvalue weighted by molar-refractivity contribution is 0.862. The summed E-state index contributed by atoms with van der Waals surface area (Å²) in [5.41, 5.74) is 6.87. The van der Waals surface area contributed by atoms with E-state index in [9.17, 15) is 0 Å². The lowest BCUT2D eigenvalue weighted by Crippen LogP contribution is -2.01. The van der Waals surface area contributed by atoms with Gasteiger partial charge in [0.2, 0.25) is 0 Å². The van der Waals surface area contributed by atoms with Crippen LogP contribution < -0.4 is 5.73 Å². The third-order valence-electron chi connectivity index (χ3n) is 2.54. The van der Waals surface area contributed by atoms with Crippen LogP contribution in [0.1, 0.15) is 18.9 Å². The van der Waals surface area contributed by atoms with E-state index >= 15 is 0 Å². The van der Waals surface area contributed by atoms with Crippen molar-refractivity contribution in [1.82, 2.24) is 9.97 Å². The lowest BCUT2D eigenvalue weighted by atomic mass is 10.2. The van der Waals surface area contributed by atoms with Crippen molar-refractivity contribution < 1.29 is 0 Å². The average molecular weight is 314 g/mol. The van der Waals surface area contributed by atoms with Crippen molar-refractivity contribution >= 4 is 40.8 Å². The monoisotopic (exact) mass is 313 g/mol. The largest absolute Gasteiger partial charge is 0.383 e. The Labute approximate surface area is 126 Å². The smallest absolute Gasteiger partial charge is 0.131 e. The Morgan fingerprint density at radius 1 is 1.26 bits per heavy atom. The van der Waals surface area contributed by atoms with Gasteiger partial charge in [-0.25, -0.2) is 9.97 Å². The SMILES string of the molecule is CCCc1c(N)ncnc1Sc1cc(Cl)ccc1Cl. The molecule has 0 radical (unpaired) electrons. The Morgan fingerprint density at radius 2 is 2.05 bits per heavy atom. The number of anilines is 1. The van der Waals surface area contributed by atoms with E-state index in [2.05, 4.69) is 16.9 Å². The first kappa shape index (κ1) is 14.4. The number of nitrogens with zero attached hydrogens (tertiary/aromatic N) is 2. The standard InChI is InChI=1S/C13H13Cl2N3S/c1-2-3-9-12(16)17-7-18-13(9)19-11-6-8(14)4-5-10(11)15/h4-7H,2-3H2,1H3,(H2,16,17,18). The molecule has 0 spiro atoms. The zero-order valence-corrected chi connectivity index (χ0v) is 12.7. The summed E-state index contributed by atoms with van der Waals surface area (Å²) < 4.78 is 0. The number of hydrogen-bond donors (Lipinski definition) is 1. The Balaban J connectivity index is 2.37. The van der Waals surface area contributed by atoms with E-state index in [1.165, 1.54) is 18.1 Å². The molecule has 0 aliphatic heterocycles. The van der Waals surface area contributed by atoms with Crippen LogP contribution >= 0.6 is 35.0 Å².